The molecule has 0 saturated carbocycles. The van der Waals surface area contributed by atoms with Crippen molar-refractivity contribution in [2.75, 3.05) is 26.0 Å². The lowest BCUT2D eigenvalue weighted by atomic mass is 10.0. The zero-order valence-corrected chi connectivity index (χ0v) is 10.9. The molecule has 0 bridgehead atoms. The summed E-state index contributed by atoms with van der Waals surface area (Å²) in [5.41, 5.74) is 2.83. The van der Waals surface area contributed by atoms with Gasteiger partial charge in [-0.3, -0.25) is 0 Å². The molecular weight excluding hydrogens is 258 g/mol. The van der Waals surface area contributed by atoms with Crippen LogP contribution in [0.1, 0.15) is 0 Å². The lowest BCUT2D eigenvalue weighted by Crippen LogP contribution is -1.97. The first kappa shape index (κ1) is 11.3. The fraction of sp³-hybridized carbons (Fsp3) is 0.200. The number of benzene rings is 2. The monoisotopic (exact) mass is 271 g/mol. The highest BCUT2D eigenvalue weighted by Crippen LogP contribution is 2.51. The van der Waals surface area contributed by atoms with Crippen molar-refractivity contribution in [2.45, 2.75) is 0 Å². The van der Waals surface area contributed by atoms with E-state index in [4.69, 9.17) is 18.9 Å². The molecule has 0 radical (unpaired) electrons. The second-order valence-corrected chi connectivity index (χ2v) is 4.51. The Labute approximate surface area is 116 Å². The van der Waals surface area contributed by atoms with Crippen molar-refractivity contribution in [3.8, 4) is 34.1 Å². The van der Waals surface area contributed by atoms with E-state index in [-0.39, 0.29) is 13.6 Å². The quantitative estimate of drug-likeness (QED) is 0.910. The van der Waals surface area contributed by atoms with Crippen molar-refractivity contribution in [2.24, 2.45) is 0 Å². The second-order valence-electron chi connectivity index (χ2n) is 4.51. The molecule has 0 aromatic heterocycles. The van der Waals surface area contributed by atoms with Gasteiger partial charge in [0.05, 0.1) is 5.56 Å². The number of hydrogen-bond acceptors (Lipinski definition) is 5. The van der Waals surface area contributed by atoms with E-state index in [0.29, 0.717) is 0 Å². The summed E-state index contributed by atoms with van der Waals surface area (Å²) in [6, 6.07) is 9.70. The number of hydrogen-bond donors (Lipinski definition) is 1. The molecular formula is C15H13NO4. The SMILES string of the molecule is CNc1ccc2c(c1-c1cccc3c1OCO3)OCO2. The smallest absolute Gasteiger partial charge is 0.231 e. The summed E-state index contributed by atoms with van der Waals surface area (Å²) in [6.07, 6.45) is 0. The van der Waals surface area contributed by atoms with Gasteiger partial charge in [-0.2, -0.15) is 0 Å². The Bertz CT molecular complexity index is 684. The number of para-hydroxylation sites is 1. The van der Waals surface area contributed by atoms with E-state index < -0.39 is 0 Å². The van der Waals surface area contributed by atoms with E-state index in [2.05, 4.69) is 5.32 Å². The van der Waals surface area contributed by atoms with Crippen molar-refractivity contribution >= 4 is 5.69 Å². The van der Waals surface area contributed by atoms with Crippen LogP contribution in [0.2, 0.25) is 0 Å². The molecule has 0 amide bonds. The first-order valence-electron chi connectivity index (χ1n) is 6.38. The third-order valence-electron chi connectivity index (χ3n) is 3.47. The highest BCUT2D eigenvalue weighted by atomic mass is 16.7. The molecule has 0 fully saturated rings. The van der Waals surface area contributed by atoms with E-state index >= 15 is 0 Å². The van der Waals surface area contributed by atoms with Gasteiger partial charge >= 0.3 is 0 Å². The lowest BCUT2D eigenvalue weighted by molar-refractivity contribution is 0.173. The van der Waals surface area contributed by atoms with Gasteiger partial charge in [0.25, 0.3) is 0 Å². The Morgan fingerprint density at radius 3 is 2.40 bits per heavy atom. The summed E-state index contributed by atoms with van der Waals surface area (Å²) >= 11 is 0. The molecule has 0 saturated heterocycles. The maximum Gasteiger partial charge on any atom is 0.231 e. The minimum Gasteiger partial charge on any atom is -0.454 e. The standard InChI is InChI=1S/C15H13NO4/c1-16-10-5-6-12-15(20-8-18-12)13(10)9-3-2-4-11-14(9)19-7-17-11/h2-6,16H,7-8H2,1H3. The Morgan fingerprint density at radius 1 is 0.850 bits per heavy atom. The van der Waals surface area contributed by atoms with Gasteiger partial charge in [0.1, 0.15) is 0 Å². The molecule has 2 aromatic rings. The van der Waals surface area contributed by atoms with E-state index in [0.717, 1.165) is 39.8 Å². The van der Waals surface area contributed by atoms with Crippen molar-refractivity contribution in [3.63, 3.8) is 0 Å². The van der Waals surface area contributed by atoms with Crippen LogP contribution in [-0.2, 0) is 0 Å². The van der Waals surface area contributed by atoms with Crippen molar-refractivity contribution in [1.29, 1.82) is 0 Å². The van der Waals surface area contributed by atoms with Gasteiger partial charge in [0.15, 0.2) is 23.0 Å². The summed E-state index contributed by atoms with van der Waals surface area (Å²) in [6.45, 7) is 0.482. The van der Waals surface area contributed by atoms with Crippen LogP contribution in [0.4, 0.5) is 5.69 Å². The molecule has 2 aliphatic heterocycles. The lowest BCUT2D eigenvalue weighted by Gasteiger charge is -2.14. The fourth-order valence-corrected chi connectivity index (χ4v) is 2.58. The molecule has 2 aliphatic rings. The van der Waals surface area contributed by atoms with Crippen LogP contribution in [0, 0.1) is 0 Å². The van der Waals surface area contributed by atoms with Gasteiger partial charge in [-0.05, 0) is 18.2 Å². The van der Waals surface area contributed by atoms with E-state index in [9.17, 15) is 0 Å². The topological polar surface area (TPSA) is 49.0 Å². The molecule has 0 atom stereocenters. The van der Waals surface area contributed by atoms with Crippen LogP contribution in [0.15, 0.2) is 30.3 Å². The van der Waals surface area contributed by atoms with Crippen LogP contribution in [0.3, 0.4) is 0 Å². The van der Waals surface area contributed by atoms with E-state index in [1.165, 1.54) is 0 Å². The van der Waals surface area contributed by atoms with Gasteiger partial charge in [-0.1, -0.05) is 12.1 Å². The zero-order valence-electron chi connectivity index (χ0n) is 10.9. The molecule has 102 valence electrons. The van der Waals surface area contributed by atoms with Gasteiger partial charge in [0, 0.05) is 18.3 Å². The molecule has 20 heavy (non-hydrogen) atoms. The van der Waals surface area contributed by atoms with Crippen molar-refractivity contribution < 1.29 is 18.9 Å². The van der Waals surface area contributed by atoms with Crippen LogP contribution in [0.25, 0.3) is 11.1 Å². The maximum atomic E-state index is 5.63. The van der Waals surface area contributed by atoms with Gasteiger partial charge in [-0.25, -0.2) is 0 Å². The van der Waals surface area contributed by atoms with E-state index in [1.807, 2.05) is 37.4 Å². The van der Waals surface area contributed by atoms with Crippen LogP contribution < -0.4 is 24.3 Å². The largest absolute Gasteiger partial charge is 0.454 e. The van der Waals surface area contributed by atoms with Gasteiger partial charge in [-0.15, -0.1) is 0 Å². The normalized spacial score (nSPS) is 14.4. The van der Waals surface area contributed by atoms with Crippen molar-refractivity contribution in [1.82, 2.24) is 0 Å². The van der Waals surface area contributed by atoms with Gasteiger partial charge in [0.2, 0.25) is 13.6 Å². The average molecular weight is 271 g/mol. The molecule has 0 unspecified atom stereocenters. The Balaban J connectivity index is 1.99. The van der Waals surface area contributed by atoms with E-state index in [1.54, 1.807) is 0 Å². The molecule has 1 N–H and O–H groups in total. The van der Waals surface area contributed by atoms with Crippen LogP contribution in [-0.4, -0.2) is 20.6 Å². The summed E-state index contributed by atoms with van der Waals surface area (Å²) in [4.78, 5) is 0. The number of rotatable bonds is 2. The summed E-state index contributed by atoms with van der Waals surface area (Å²) in [5.74, 6) is 2.98. The first-order valence-corrected chi connectivity index (χ1v) is 6.38. The van der Waals surface area contributed by atoms with Gasteiger partial charge < -0.3 is 24.3 Å². The average Bonchev–Trinajstić information content (AvgIpc) is 3.14. The minimum atomic E-state index is 0.238. The third kappa shape index (κ3) is 1.49. The third-order valence-corrected chi connectivity index (χ3v) is 3.47. The molecule has 0 spiro atoms. The molecule has 2 aromatic carbocycles. The molecule has 0 aliphatic carbocycles. The Hall–Kier alpha value is -2.56. The number of nitrogens with one attached hydrogen (secondary N) is 1. The van der Waals surface area contributed by atoms with Crippen molar-refractivity contribution in [3.05, 3.63) is 30.3 Å². The number of ether oxygens (including phenoxy) is 4. The highest BCUT2D eigenvalue weighted by Gasteiger charge is 2.27. The van der Waals surface area contributed by atoms with Crippen LogP contribution >= 0.6 is 0 Å². The maximum absolute atomic E-state index is 5.63. The first-order chi connectivity index (χ1) is 9.88. The predicted molar refractivity (Wildman–Crippen MR) is 73.7 cm³/mol. The second kappa shape index (κ2) is 4.23. The number of fused-ring (bicyclic) bond motifs is 2. The molecule has 4 rings (SSSR count). The summed E-state index contributed by atoms with van der Waals surface area (Å²) < 4.78 is 22.1. The van der Waals surface area contributed by atoms with Crippen LogP contribution in [0.5, 0.6) is 23.0 Å². The number of anilines is 1. The predicted octanol–water partition coefficient (Wildman–Crippen LogP) is 2.85. The molecule has 5 nitrogen and oxygen atoms in total. The summed E-state index contributed by atoms with van der Waals surface area (Å²) in [5, 5.41) is 3.18. The summed E-state index contributed by atoms with van der Waals surface area (Å²) in [7, 11) is 1.88. The minimum absolute atomic E-state index is 0.238. The Kier molecular flexibility index (Phi) is 2.39. The molecule has 5 heteroatoms. The highest BCUT2D eigenvalue weighted by molar-refractivity contribution is 5.90. The fourth-order valence-electron chi connectivity index (χ4n) is 2.58. The Morgan fingerprint density at radius 2 is 1.60 bits per heavy atom. The zero-order chi connectivity index (χ0) is 13.5. The molecule has 2 heterocycles.